The number of nitrogens with zero attached hydrogens (tertiary/aromatic N) is 2. The number of aliphatic hydroxyl groups is 1. The zero-order valence-corrected chi connectivity index (χ0v) is 22.9. The van der Waals surface area contributed by atoms with E-state index in [4.69, 9.17) is 9.84 Å². The van der Waals surface area contributed by atoms with Gasteiger partial charge in [0, 0.05) is 9.99 Å². The van der Waals surface area contributed by atoms with Crippen molar-refractivity contribution in [3.63, 3.8) is 0 Å². The minimum absolute atomic E-state index is 0.0913. The van der Waals surface area contributed by atoms with Crippen molar-refractivity contribution in [2.45, 2.75) is 24.9 Å². The Morgan fingerprint density at radius 1 is 1.03 bits per heavy atom. The van der Waals surface area contributed by atoms with Crippen molar-refractivity contribution >= 4 is 34.5 Å². The number of ether oxygens (including phenoxy) is 1. The van der Waals surface area contributed by atoms with Crippen LogP contribution >= 0.6 is 22.6 Å². The summed E-state index contributed by atoms with van der Waals surface area (Å²) >= 11 is 2.26. The molecule has 3 aromatic carbocycles. The monoisotopic (exact) mass is 622 g/mol. The number of halogens is 1. The van der Waals surface area contributed by atoms with Crippen LogP contribution in [0.3, 0.4) is 0 Å². The molecule has 0 saturated carbocycles. The molecule has 8 nitrogen and oxygen atoms in total. The van der Waals surface area contributed by atoms with Crippen LogP contribution in [0.15, 0.2) is 85.1 Å². The van der Waals surface area contributed by atoms with Crippen molar-refractivity contribution in [3.05, 3.63) is 106 Å². The number of nitrogens with one attached hydrogen (secondary N) is 2. The quantitative estimate of drug-likeness (QED) is 0.184. The topological polar surface area (TPSA) is 108 Å². The summed E-state index contributed by atoms with van der Waals surface area (Å²) in [4.78, 5) is 36.6. The molecule has 1 aliphatic heterocycles. The Morgan fingerprint density at radius 3 is 2.42 bits per heavy atom. The Bertz CT molecular complexity index is 1420. The van der Waals surface area contributed by atoms with E-state index in [0.29, 0.717) is 23.6 Å². The van der Waals surface area contributed by atoms with E-state index in [1.54, 1.807) is 30.5 Å². The standard InChI is InChI=1S/C29H27IN4O4/c1-29(17-19-5-3-2-4-6-19,27-31-18-24(32-27)20-7-11-22(30)12-8-20)34-26(36)25(33-28(34)37)21-9-13-23(14-10-21)38-16-15-35/h2-14,18,25,35H,15-17H2,1H3,(H,31,32)(H,33,37)/t25-,29+/m1/s1. The fraction of sp³-hybridized carbons (Fsp3) is 0.207. The summed E-state index contributed by atoms with van der Waals surface area (Å²) in [7, 11) is 0. The molecule has 2 atom stereocenters. The number of benzene rings is 3. The molecule has 2 heterocycles. The van der Waals surface area contributed by atoms with E-state index in [-0.39, 0.29) is 19.1 Å². The third kappa shape index (κ3) is 5.16. The van der Waals surface area contributed by atoms with Crippen molar-refractivity contribution in [2.75, 3.05) is 13.2 Å². The second-order valence-corrected chi connectivity index (χ2v) is 10.5. The number of amides is 3. The predicted octanol–water partition coefficient (Wildman–Crippen LogP) is 4.80. The van der Waals surface area contributed by atoms with Gasteiger partial charge in [-0.1, -0.05) is 54.6 Å². The molecule has 4 aromatic rings. The number of aliphatic hydroxyl groups excluding tert-OH is 1. The Hall–Kier alpha value is -3.70. The van der Waals surface area contributed by atoms with Gasteiger partial charge in [0.05, 0.1) is 18.5 Å². The molecule has 1 aromatic heterocycles. The third-order valence-electron chi connectivity index (χ3n) is 6.64. The first kappa shape index (κ1) is 25.9. The maximum absolute atomic E-state index is 13.8. The van der Waals surface area contributed by atoms with Gasteiger partial charge in [-0.25, -0.2) is 14.7 Å². The van der Waals surface area contributed by atoms with E-state index in [1.165, 1.54) is 4.90 Å². The highest BCUT2D eigenvalue weighted by atomic mass is 127. The maximum Gasteiger partial charge on any atom is 0.326 e. The lowest BCUT2D eigenvalue weighted by atomic mass is 9.89. The summed E-state index contributed by atoms with van der Waals surface area (Å²) in [5.41, 5.74) is 2.30. The number of carbonyl (C=O) groups excluding carboxylic acids is 2. The highest BCUT2D eigenvalue weighted by Crippen LogP contribution is 2.37. The van der Waals surface area contributed by atoms with Crippen LogP contribution in [0, 0.1) is 3.57 Å². The highest BCUT2D eigenvalue weighted by Gasteiger charge is 2.50. The fourth-order valence-electron chi connectivity index (χ4n) is 4.73. The van der Waals surface area contributed by atoms with Gasteiger partial charge in [0.2, 0.25) is 0 Å². The van der Waals surface area contributed by atoms with Crippen LogP contribution in [0.2, 0.25) is 0 Å². The van der Waals surface area contributed by atoms with Crippen LogP contribution in [-0.4, -0.2) is 45.1 Å². The molecule has 1 saturated heterocycles. The molecule has 5 rings (SSSR count). The van der Waals surface area contributed by atoms with Crippen molar-refractivity contribution < 1.29 is 19.4 Å². The van der Waals surface area contributed by atoms with Gasteiger partial charge in [0.1, 0.15) is 29.8 Å². The summed E-state index contributed by atoms with van der Waals surface area (Å²) in [6.45, 7) is 1.95. The second-order valence-electron chi connectivity index (χ2n) is 9.29. The predicted molar refractivity (Wildman–Crippen MR) is 151 cm³/mol. The van der Waals surface area contributed by atoms with Crippen molar-refractivity contribution in [1.29, 1.82) is 0 Å². The Morgan fingerprint density at radius 2 is 1.74 bits per heavy atom. The zero-order chi connectivity index (χ0) is 26.7. The van der Waals surface area contributed by atoms with Gasteiger partial charge in [0.15, 0.2) is 0 Å². The largest absolute Gasteiger partial charge is 0.491 e. The number of H-pyrrole nitrogens is 1. The summed E-state index contributed by atoms with van der Waals surface area (Å²) in [6, 6.07) is 23.4. The minimum atomic E-state index is -1.08. The highest BCUT2D eigenvalue weighted by molar-refractivity contribution is 14.1. The summed E-state index contributed by atoms with van der Waals surface area (Å²) in [5, 5.41) is 11.8. The first-order chi connectivity index (χ1) is 18.4. The molecule has 1 fully saturated rings. The number of rotatable bonds is 9. The number of hydrogen-bond acceptors (Lipinski definition) is 5. The maximum atomic E-state index is 13.8. The molecule has 0 aliphatic carbocycles. The van der Waals surface area contributed by atoms with Crippen molar-refractivity contribution in [3.8, 4) is 17.0 Å². The molecule has 3 N–H and O–H groups in total. The van der Waals surface area contributed by atoms with Gasteiger partial charge in [-0.3, -0.25) is 4.79 Å². The number of urea groups is 1. The molecule has 38 heavy (non-hydrogen) atoms. The Labute approximate surface area is 234 Å². The zero-order valence-electron chi connectivity index (χ0n) is 20.7. The molecule has 9 heteroatoms. The number of aromatic amines is 1. The number of imidazole rings is 1. The number of hydrogen-bond donors (Lipinski definition) is 3. The van der Waals surface area contributed by atoms with E-state index in [1.807, 2.05) is 61.5 Å². The van der Waals surface area contributed by atoms with Crippen molar-refractivity contribution in [1.82, 2.24) is 20.2 Å². The number of carbonyl (C=O) groups is 2. The van der Waals surface area contributed by atoms with Crippen LogP contribution < -0.4 is 10.1 Å². The lowest BCUT2D eigenvalue weighted by Crippen LogP contribution is -2.50. The van der Waals surface area contributed by atoms with E-state index in [9.17, 15) is 9.59 Å². The van der Waals surface area contributed by atoms with Crippen LogP contribution in [0.25, 0.3) is 11.3 Å². The average molecular weight is 622 g/mol. The van der Waals surface area contributed by atoms with Crippen LogP contribution in [0.5, 0.6) is 5.75 Å². The van der Waals surface area contributed by atoms with Gasteiger partial charge in [-0.2, -0.15) is 0 Å². The average Bonchev–Trinajstić information content (AvgIpc) is 3.54. The first-order valence-corrected chi connectivity index (χ1v) is 13.3. The molecule has 0 bridgehead atoms. The molecular weight excluding hydrogens is 595 g/mol. The lowest BCUT2D eigenvalue weighted by Gasteiger charge is -2.35. The number of imide groups is 1. The van der Waals surface area contributed by atoms with Gasteiger partial charge in [-0.05, 0) is 70.5 Å². The SMILES string of the molecule is C[C@](Cc1ccccc1)(c1ncc(-c2ccc(I)cc2)[nH]1)N1C(=O)N[C@H](c2ccc(OCCO)cc2)C1=O. The molecule has 0 spiro atoms. The second kappa shape index (κ2) is 11.0. The van der Waals surface area contributed by atoms with Gasteiger partial charge >= 0.3 is 6.03 Å². The molecule has 3 amide bonds. The van der Waals surface area contributed by atoms with E-state index < -0.39 is 17.6 Å². The third-order valence-corrected chi connectivity index (χ3v) is 7.36. The first-order valence-electron chi connectivity index (χ1n) is 12.2. The molecule has 0 unspecified atom stereocenters. The van der Waals surface area contributed by atoms with Crippen molar-refractivity contribution in [2.24, 2.45) is 0 Å². The smallest absolute Gasteiger partial charge is 0.326 e. The van der Waals surface area contributed by atoms with E-state index in [2.05, 4.69) is 37.9 Å². The molecule has 0 radical (unpaired) electrons. The molecular formula is C29H27IN4O4. The number of aromatic nitrogens is 2. The lowest BCUT2D eigenvalue weighted by molar-refractivity contribution is -0.132. The normalized spacial score (nSPS) is 16.8. The van der Waals surface area contributed by atoms with E-state index >= 15 is 0 Å². The van der Waals surface area contributed by atoms with Gasteiger partial charge < -0.3 is 20.1 Å². The molecule has 1 aliphatic rings. The summed E-state index contributed by atoms with van der Waals surface area (Å²) in [6.07, 6.45) is 2.12. The van der Waals surface area contributed by atoms with Crippen LogP contribution in [0.1, 0.15) is 29.9 Å². The van der Waals surface area contributed by atoms with Crippen LogP contribution in [-0.2, 0) is 16.8 Å². The molecule has 194 valence electrons. The van der Waals surface area contributed by atoms with Crippen LogP contribution in [0.4, 0.5) is 4.79 Å². The Balaban J connectivity index is 1.49. The Kier molecular flexibility index (Phi) is 7.48. The van der Waals surface area contributed by atoms with Gasteiger partial charge in [-0.15, -0.1) is 0 Å². The fourth-order valence-corrected chi connectivity index (χ4v) is 5.08. The van der Waals surface area contributed by atoms with E-state index in [0.717, 1.165) is 20.4 Å². The minimum Gasteiger partial charge on any atom is -0.491 e. The van der Waals surface area contributed by atoms with Gasteiger partial charge in [0.25, 0.3) is 5.91 Å². The summed E-state index contributed by atoms with van der Waals surface area (Å²) < 4.78 is 6.54. The summed E-state index contributed by atoms with van der Waals surface area (Å²) in [5.74, 6) is 0.737.